The summed E-state index contributed by atoms with van der Waals surface area (Å²) in [5.41, 5.74) is 10.7. The number of nitrogens with zero attached hydrogens (tertiary/aromatic N) is 4. The lowest BCUT2D eigenvalue weighted by atomic mass is 9.85. The number of amides is 1. The zero-order valence-corrected chi connectivity index (χ0v) is 14.7. The predicted octanol–water partition coefficient (Wildman–Crippen LogP) is 1.27. The average Bonchev–Trinajstić information content (AvgIpc) is 2.38. The molecule has 126 valence electrons. The van der Waals surface area contributed by atoms with Crippen LogP contribution in [0.1, 0.15) is 44.6 Å². The number of nitrogens with one attached hydrogen (secondary N) is 1. The number of carbonyl (C=O) groups excluding carboxylic acids is 1. The Morgan fingerprint density at radius 2 is 1.83 bits per heavy atom. The Kier molecular flexibility index (Phi) is 4.14. The topological polar surface area (TPSA) is 123 Å². The molecule has 23 heavy (non-hydrogen) atoms. The highest BCUT2D eigenvalue weighted by atomic mass is 35.5. The summed E-state index contributed by atoms with van der Waals surface area (Å²) in [4.78, 5) is 26.7. The van der Waals surface area contributed by atoms with Crippen LogP contribution in [0.25, 0.3) is 0 Å². The first-order chi connectivity index (χ1) is 10.4. The van der Waals surface area contributed by atoms with E-state index >= 15 is 0 Å². The van der Waals surface area contributed by atoms with Crippen molar-refractivity contribution in [2.75, 3.05) is 18.5 Å². The van der Waals surface area contributed by atoms with Crippen molar-refractivity contribution >= 4 is 35.1 Å². The number of carbonyl (C=O) groups is 1. The minimum absolute atomic E-state index is 0.0184. The van der Waals surface area contributed by atoms with Gasteiger partial charge in [-0.25, -0.2) is 15.0 Å². The lowest BCUT2D eigenvalue weighted by molar-refractivity contribution is 0.0955. The summed E-state index contributed by atoms with van der Waals surface area (Å²) in [7, 11) is 1.87. The average molecular weight is 340 g/mol. The number of hydrogen-bond acceptors (Lipinski definition) is 7. The number of nitrogen functional groups attached to an aromatic ring is 2. The number of halogens is 1. The minimum Gasteiger partial charge on any atom is -0.382 e. The van der Waals surface area contributed by atoms with Crippen LogP contribution in [-0.2, 0) is 0 Å². The Balaban J connectivity index is 2.33. The highest BCUT2D eigenvalue weighted by Gasteiger charge is 2.39. The number of hydrogen-bond donors (Lipinski definition) is 3. The molecule has 1 amide bonds. The molecule has 0 saturated carbocycles. The standard InChI is InChI=1S/C14H22ClN7O/c1-13(2)6-14(3,4)22(5)12(21-13)20-11(23)7-9(16)19-10(17)8(15)18-7/h6H2,1-5H3,(H4,16,17,19)(H,20,21,23). The normalized spacial score (nSPS) is 19.2. The predicted molar refractivity (Wildman–Crippen MR) is 91.3 cm³/mol. The van der Waals surface area contributed by atoms with Gasteiger partial charge in [-0.05, 0) is 34.1 Å². The molecule has 1 aliphatic heterocycles. The number of nitrogens with two attached hydrogens (primary N) is 2. The SMILES string of the molecule is CN1C(NC(=O)c2nc(Cl)c(N)nc2N)=NC(C)(C)CC1(C)C. The van der Waals surface area contributed by atoms with Gasteiger partial charge in [0.15, 0.2) is 22.5 Å². The number of aromatic nitrogens is 2. The summed E-state index contributed by atoms with van der Waals surface area (Å²) in [5.74, 6) is -0.182. The molecule has 1 aliphatic rings. The molecule has 1 aromatic heterocycles. The van der Waals surface area contributed by atoms with Gasteiger partial charge in [0, 0.05) is 12.6 Å². The van der Waals surface area contributed by atoms with Crippen LogP contribution >= 0.6 is 11.6 Å². The van der Waals surface area contributed by atoms with Crippen molar-refractivity contribution in [2.45, 2.75) is 45.2 Å². The van der Waals surface area contributed by atoms with Gasteiger partial charge in [0.25, 0.3) is 5.91 Å². The first-order valence-corrected chi connectivity index (χ1v) is 7.54. The van der Waals surface area contributed by atoms with Crippen LogP contribution < -0.4 is 16.8 Å². The number of aliphatic imine (C=N–C) groups is 1. The van der Waals surface area contributed by atoms with E-state index in [1.165, 1.54) is 0 Å². The maximum atomic E-state index is 12.5. The molecular formula is C14H22ClN7O. The highest BCUT2D eigenvalue weighted by Crippen LogP contribution is 2.32. The highest BCUT2D eigenvalue weighted by molar-refractivity contribution is 6.31. The summed E-state index contributed by atoms with van der Waals surface area (Å²) in [6.07, 6.45) is 0.853. The van der Waals surface area contributed by atoms with Gasteiger partial charge in [0.2, 0.25) is 5.96 Å². The van der Waals surface area contributed by atoms with E-state index in [4.69, 9.17) is 23.1 Å². The van der Waals surface area contributed by atoms with E-state index in [-0.39, 0.29) is 33.6 Å². The van der Waals surface area contributed by atoms with Crippen LogP contribution in [0.2, 0.25) is 5.15 Å². The third-order valence-electron chi connectivity index (χ3n) is 3.84. The van der Waals surface area contributed by atoms with E-state index in [0.717, 1.165) is 6.42 Å². The van der Waals surface area contributed by atoms with Gasteiger partial charge in [0.1, 0.15) is 0 Å². The summed E-state index contributed by atoms with van der Waals surface area (Å²) in [6, 6.07) is 0. The largest absolute Gasteiger partial charge is 0.382 e. The second-order valence-electron chi connectivity index (χ2n) is 6.88. The van der Waals surface area contributed by atoms with Crippen LogP contribution in [0.15, 0.2) is 4.99 Å². The minimum atomic E-state index is -0.531. The van der Waals surface area contributed by atoms with Crippen molar-refractivity contribution in [1.29, 1.82) is 0 Å². The molecule has 9 heteroatoms. The first kappa shape index (κ1) is 17.3. The number of guanidine groups is 1. The lowest BCUT2D eigenvalue weighted by Crippen LogP contribution is -2.58. The monoisotopic (exact) mass is 339 g/mol. The molecule has 0 aromatic carbocycles. The smallest absolute Gasteiger partial charge is 0.280 e. The molecule has 1 aromatic rings. The summed E-state index contributed by atoms with van der Waals surface area (Å²) in [6.45, 7) is 8.21. The Labute approximate surface area is 140 Å². The van der Waals surface area contributed by atoms with Gasteiger partial charge in [-0.2, -0.15) is 0 Å². The van der Waals surface area contributed by atoms with Gasteiger partial charge in [0.05, 0.1) is 5.54 Å². The fraction of sp³-hybridized carbons (Fsp3) is 0.571. The molecule has 2 heterocycles. The van der Waals surface area contributed by atoms with Crippen LogP contribution in [0.4, 0.5) is 11.6 Å². The van der Waals surface area contributed by atoms with E-state index in [1.54, 1.807) is 0 Å². The second-order valence-corrected chi connectivity index (χ2v) is 7.24. The molecule has 0 aliphatic carbocycles. The maximum Gasteiger partial charge on any atom is 0.280 e. The lowest BCUT2D eigenvalue weighted by Gasteiger charge is -2.46. The third-order valence-corrected chi connectivity index (χ3v) is 4.12. The van der Waals surface area contributed by atoms with Crippen molar-refractivity contribution in [3.8, 4) is 0 Å². The molecule has 8 nitrogen and oxygen atoms in total. The second kappa shape index (κ2) is 5.52. The third kappa shape index (κ3) is 3.47. The zero-order valence-electron chi connectivity index (χ0n) is 13.9. The van der Waals surface area contributed by atoms with Gasteiger partial charge in [-0.1, -0.05) is 11.6 Å². The number of rotatable bonds is 1. The van der Waals surface area contributed by atoms with Crippen molar-refractivity contribution in [3.05, 3.63) is 10.8 Å². The fourth-order valence-electron chi connectivity index (χ4n) is 2.75. The van der Waals surface area contributed by atoms with Crippen molar-refractivity contribution < 1.29 is 4.79 Å². The molecule has 0 atom stereocenters. The molecule has 0 radical (unpaired) electrons. The van der Waals surface area contributed by atoms with Gasteiger partial charge < -0.3 is 16.4 Å². The quantitative estimate of drug-likeness (QED) is 0.708. The molecule has 0 unspecified atom stereocenters. The van der Waals surface area contributed by atoms with Crippen LogP contribution in [-0.4, -0.2) is 44.9 Å². The van der Waals surface area contributed by atoms with Crippen molar-refractivity contribution in [3.63, 3.8) is 0 Å². The van der Waals surface area contributed by atoms with Gasteiger partial charge in [-0.3, -0.25) is 10.1 Å². The molecule has 0 fully saturated rings. The Bertz CT molecular complexity index is 684. The maximum absolute atomic E-state index is 12.5. The van der Waals surface area contributed by atoms with Gasteiger partial charge in [-0.15, -0.1) is 0 Å². The molecule has 2 rings (SSSR count). The fourth-order valence-corrected chi connectivity index (χ4v) is 2.87. The summed E-state index contributed by atoms with van der Waals surface area (Å²) >= 11 is 5.82. The Hall–Kier alpha value is -2.09. The zero-order chi connectivity index (χ0) is 17.6. The molecule has 0 saturated heterocycles. The van der Waals surface area contributed by atoms with E-state index in [0.29, 0.717) is 5.96 Å². The Morgan fingerprint density at radius 1 is 1.22 bits per heavy atom. The number of anilines is 2. The van der Waals surface area contributed by atoms with E-state index < -0.39 is 5.91 Å². The van der Waals surface area contributed by atoms with E-state index in [9.17, 15) is 4.79 Å². The molecule has 0 spiro atoms. The summed E-state index contributed by atoms with van der Waals surface area (Å²) < 4.78 is 0. The molecule has 0 bridgehead atoms. The van der Waals surface area contributed by atoms with E-state index in [1.807, 2.05) is 25.8 Å². The Morgan fingerprint density at radius 3 is 2.43 bits per heavy atom. The van der Waals surface area contributed by atoms with Crippen molar-refractivity contribution in [1.82, 2.24) is 20.2 Å². The van der Waals surface area contributed by atoms with Crippen LogP contribution in [0.3, 0.4) is 0 Å². The molecular weight excluding hydrogens is 318 g/mol. The van der Waals surface area contributed by atoms with E-state index in [2.05, 4.69) is 34.1 Å². The van der Waals surface area contributed by atoms with Crippen LogP contribution in [0.5, 0.6) is 0 Å². The van der Waals surface area contributed by atoms with Crippen molar-refractivity contribution in [2.24, 2.45) is 4.99 Å². The van der Waals surface area contributed by atoms with Gasteiger partial charge >= 0.3 is 0 Å². The molecule has 5 N–H and O–H groups in total. The van der Waals surface area contributed by atoms with Crippen LogP contribution in [0, 0.1) is 0 Å². The first-order valence-electron chi connectivity index (χ1n) is 7.16. The summed E-state index contributed by atoms with van der Waals surface area (Å²) in [5, 5.41) is 2.67.